The van der Waals surface area contributed by atoms with E-state index < -0.39 is 11.6 Å². The molecule has 5 rings (SSSR count). The zero-order valence-electron chi connectivity index (χ0n) is 20.4. The van der Waals surface area contributed by atoms with E-state index in [-0.39, 0.29) is 12.3 Å². The van der Waals surface area contributed by atoms with Crippen LogP contribution in [0.1, 0.15) is 50.3 Å². The van der Waals surface area contributed by atoms with Crippen molar-refractivity contribution in [1.82, 2.24) is 0 Å². The van der Waals surface area contributed by atoms with Crippen LogP contribution in [-0.4, -0.2) is 6.18 Å². The molecule has 0 spiro atoms. The molecule has 0 radical (unpaired) electrons. The molecule has 0 bridgehead atoms. The summed E-state index contributed by atoms with van der Waals surface area (Å²) in [5.74, 6) is 1.65. The van der Waals surface area contributed by atoms with Crippen molar-refractivity contribution in [1.29, 1.82) is 0 Å². The van der Waals surface area contributed by atoms with Gasteiger partial charge in [-0.05, 0) is 52.6 Å². The predicted molar refractivity (Wildman–Crippen MR) is 131 cm³/mol. The summed E-state index contributed by atoms with van der Waals surface area (Å²) >= 11 is 0. The number of rotatable bonds is 3. The Labute approximate surface area is 198 Å². The second-order valence-electron chi connectivity index (χ2n) is 10.4. The minimum Gasteiger partial charge on any atom is -0.455 e. The standard InChI is InChI=1S/C29H29F3NO/c1-16(2)23-21-10-8-7-9-20(21)17(3)24-26-25-19(11-12-33(26)6)13-18(14-22(25)34-27(23)24)15-28(4,5)29(30,31)32/h7-14,16H,15H2,1-6H3/q+1. The van der Waals surface area contributed by atoms with Crippen molar-refractivity contribution in [3.05, 3.63) is 65.4 Å². The molecule has 2 nitrogen and oxygen atoms in total. The van der Waals surface area contributed by atoms with Gasteiger partial charge in [-0.1, -0.05) is 58.0 Å². The second-order valence-corrected chi connectivity index (χ2v) is 10.4. The number of aromatic nitrogens is 1. The molecule has 176 valence electrons. The van der Waals surface area contributed by atoms with Crippen LogP contribution >= 0.6 is 0 Å². The van der Waals surface area contributed by atoms with Gasteiger partial charge in [-0.3, -0.25) is 0 Å². The summed E-state index contributed by atoms with van der Waals surface area (Å²) < 4.78 is 49.6. The fourth-order valence-electron chi connectivity index (χ4n) is 5.30. The Morgan fingerprint density at radius 1 is 1.00 bits per heavy atom. The molecule has 0 saturated heterocycles. The number of nitrogens with zero attached hydrogens (tertiary/aromatic N) is 1. The number of hydrogen-bond acceptors (Lipinski definition) is 1. The average molecular weight is 465 g/mol. The molecule has 2 heterocycles. The maximum Gasteiger partial charge on any atom is 0.394 e. The maximum absolute atomic E-state index is 13.6. The molecule has 1 aromatic heterocycles. The third-order valence-corrected chi connectivity index (χ3v) is 7.17. The van der Waals surface area contributed by atoms with Crippen LogP contribution in [0.15, 0.2) is 48.7 Å². The molecular weight excluding hydrogens is 435 g/mol. The molecule has 0 amide bonds. The molecule has 5 heteroatoms. The summed E-state index contributed by atoms with van der Waals surface area (Å²) in [6.45, 7) is 8.93. The summed E-state index contributed by atoms with van der Waals surface area (Å²) in [7, 11) is 2.01. The van der Waals surface area contributed by atoms with Crippen molar-refractivity contribution in [2.75, 3.05) is 0 Å². The number of hydrogen-bond donors (Lipinski definition) is 0. The van der Waals surface area contributed by atoms with Crippen molar-refractivity contribution in [2.45, 2.75) is 53.1 Å². The monoisotopic (exact) mass is 464 g/mol. The van der Waals surface area contributed by atoms with Crippen LogP contribution in [0.4, 0.5) is 13.2 Å². The third-order valence-electron chi connectivity index (χ3n) is 7.17. The Bertz CT molecular complexity index is 1460. The Morgan fingerprint density at radius 3 is 2.32 bits per heavy atom. The normalized spacial score (nSPS) is 13.5. The topological polar surface area (TPSA) is 13.1 Å². The fraction of sp³-hybridized carbons (Fsp3) is 0.345. The lowest BCUT2D eigenvalue weighted by atomic mass is 9.83. The highest BCUT2D eigenvalue weighted by Crippen LogP contribution is 2.52. The highest BCUT2D eigenvalue weighted by atomic mass is 19.4. The highest BCUT2D eigenvalue weighted by molar-refractivity contribution is 6.06. The minimum absolute atomic E-state index is 0.111. The number of alkyl halides is 3. The van der Waals surface area contributed by atoms with E-state index in [1.165, 1.54) is 19.2 Å². The average Bonchev–Trinajstić information content (AvgIpc) is 2.74. The lowest BCUT2D eigenvalue weighted by Crippen LogP contribution is -2.34. The first-order valence-electron chi connectivity index (χ1n) is 11.7. The van der Waals surface area contributed by atoms with Crippen molar-refractivity contribution in [3.8, 4) is 22.8 Å². The van der Waals surface area contributed by atoms with Gasteiger partial charge in [0.15, 0.2) is 6.20 Å². The van der Waals surface area contributed by atoms with E-state index in [1.54, 1.807) is 6.07 Å². The summed E-state index contributed by atoms with van der Waals surface area (Å²) in [6.07, 6.45) is -2.42. The molecule has 0 N–H and O–H groups in total. The van der Waals surface area contributed by atoms with Gasteiger partial charge in [-0.25, -0.2) is 4.57 Å². The Hall–Kier alpha value is -3.08. The van der Waals surface area contributed by atoms with Crippen LogP contribution < -0.4 is 9.30 Å². The van der Waals surface area contributed by atoms with E-state index in [0.717, 1.165) is 44.3 Å². The van der Waals surface area contributed by atoms with E-state index in [1.807, 2.05) is 31.4 Å². The van der Waals surface area contributed by atoms with Crippen LogP contribution in [0.25, 0.3) is 32.8 Å². The molecule has 34 heavy (non-hydrogen) atoms. The molecule has 0 atom stereocenters. The number of pyridine rings is 1. The largest absolute Gasteiger partial charge is 0.455 e. The Morgan fingerprint density at radius 2 is 1.68 bits per heavy atom. The van der Waals surface area contributed by atoms with E-state index in [0.29, 0.717) is 11.3 Å². The third kappa shape index (κ3) is 3.28. The molecule has 1 aliphatic rings. The van der Waals surface area contributed by atoms with E-state index in [9.17, 15) is 13.2 Å². The first kappa shape index (κ1) is 22.7. The molecular formula is C29H29F3NO+. The van der Waals surface area contributed by atoms with Gasteiger partial charge in [0.05, 0.1) is 16.4 Å². The number of halogens is 3. The summed E-state index contributed by atoms with van der Waals surface area (Å²) in [6, 6.07) is 14.0. The van der Waals surface area contributed by atoms with Gasteiger partial charge in [-0.2, -0.15) is 13.2 Å². The minimum atomic E-state index is -4.29. The summed E-state index contributed by atoms with van der Waals surface area (Å²) in [4.78, 5) is 0. The molecule has 3 aromatic carbocycles. The SMILES string of the molecule is Cc1c2c(c(C(C)C)c3ccccc13)Oc1cc(CC(C)(C)C(F)(F)F)cc3cc[n+](C)c-2c13. The van der Waals surface area contributed by atoms with Gasteiger partial charge in [0.1, 0.15) is 18.5 Å². The second kappa shape index (κ2) is 7.46. The Kier molecular flexibility index (Phi) is 4.98. The van der Waals surface area contributed by atoms with Gasteiger partial charge in [0, 0.05) is 11.6 Å². The molecule has 0 fully saturated rings. The van der Waals surface area contributed by atoms with Crippen molar-refractivity contribution < 1.29 is 22.5 Å². The summed E-state index contributed by atoms with van der Waals surface area (Å²) in [5, 5.41) is 4.18. The highest BCUT2D eigenvalue weighted by Gasteiger charge is 2.47. The van der Waals surface area contributed by atoms with Crippen molar-refractivity contribution in [2.24, 2.45) is 12.5 Å². The fourth-order valence-corrected chi connectivity index (χ4v) is 5.30. The van der Waals surface area contributed by atoms with Crippen LogP contribution in [0.3, 0.4) is 0 Å². The molecule has 0 aliphatic carbocycles. The lowest BCUT2D eigenvalue weighted by molar-refractivity contribution is -0.659. The first-order valence-corrected chi connectivity index (χ1v) is 11.7. The predicted octanol–water partition coefficient (Wildman–Crippen LogP) is 8.15. The van der Waals surface area contributed by atoms with E-state index in [4.69, 9.17) is 4.74 Å². The van der Waals surface area contributed by atoms with Crippen LogP contribution in [0, 0.1) is 12.3 Å². The zero-order chi connectivity index (χ0) is 24.6. The van der Waals surface area contributed by atoms with E-state index in [2.05, 4.69) is 43.5 Å². The molecule has 0 unspecified atom stereocenters. The Balaban J connectivity index is 1.83. The summed E-state index contributed by atoms with van der Waals surface area (Å²) in [5.41, 5.74) is 3.16. The van der Waals surface area contributed by atoms with Crippen LogP contribution in [-0.2, 0) is 13.5 Å². The first-order chi connectivity index (χ1) is 15.9. The molecule has 0 saturated carbocycles. The lowest BCUT2D eigenvalue weighted by Gasteiger charge is -2.29. The van der Waals surface area contributed by atoms with Gasteiger partial charge < -0.3 is 4.74 Å². The maximum atomic E-state index is 13.6. The van der Waals surface area contributed by atoms with Gasteiger partial charge >= 0.3 is 6.18 Å². The number of benzene rings is 3. The molecule has 4 aromatic rings. The van der Waals surface area contributed by atoms with E-state index >= 15 is 0 Å². The van der Waals surface area contributed by atoms with Crippen molar-refractivity contribution >= 4 is 21.5 Å². The van der Waals surface area contributed by atoms with Crippen LogP contribution in [0.5, 0.6) is 11.5 Å². The number of fused-ring (bicyclic) bond motifs is 3. The smallest absolute Gasteiger partial charge is 0.394 e. The molecule has 1 aliphatic heterocycles. The van der Waals surface area contributed by atoms with Crippen molar-refractivity contribution in [3.63, 3.8) is 0 Å². The number of ether oxygens (including phenoxy) is 1. The van der Waals surface area contributed by atoms with Gasteiger partial charge in [-0.15, -0.1) is 0 Å². The van der Waals surface area contributed by atoms with Gasteiger partial charge in [0.25, 0.3) is 0 Å². The zero-order valence-corrected chi connectivity index (χ0v) is 20.4. The quantitative estimate of drug-likeness (QED) is 0.246. The number of aryl methyl sites for hydroxylation is 2. The van der Waals surface area contributed by atoms with Crippen LogP contribution in [0.2, 0.25) is 0 Å². The van der Waals surface area contributed by atoms with Gasteiger partial charge in [0.2, 0.25) is 5.69 Å².